The van der Waals surface area contributed by atoms with E-state index in [1.54, 1.807) is 0 Å². The molecule has 8 heteroatoms. The summed E-state index contributed by atoms with van der Waals surface area (Å²) in [6.07, 6.45) is 0.0388. The molecular weight excluding hydrogens is 327 g/mol. The second-order valence-corrected chi connectivity index (χ2v) is 8.13. The molecule has 2 heterocycles. The highest BCUT2D eigenvalue weighted by Crippen LogP contribution is 2.34. The van der Waals surface area contributed by atoms with E-state index in [4.69, 9.17) is 0 Å². The minimum Gasteiger partial charge on any atom is -0.288 e. The number of anilines is 1. The van der Waals surface area contributed by atoms with Crippen molar-refractivity contribution in [1.82, 2.24) is 4.98 Å². The van der Waals surface area contributed by atoms with Crippen molar-refractivity contribution in [1.29, 1.82) is 0 Å². The number of rotatable bonds is 3. The number of carbonyl (C=O) groups is 1. The molecule has 1 fully saturated rings. The average Bonchev–Trinajstić information content (AvgIpc) is 2.90. The summed E-state index contributed by atoms with van der Waals surface area (Å²) >= 11 is 1.40. The van der Waals surface area contributed by atoms with Crippen molar-refractivity contribution >= 4 is 42.8 Å². The quantitative estimate of drug-likeness (QED) is 0.804. The van der Waals surface area contributed by atoms with Crippen LogP contribution in [0.25, 0.3) is 10.2 Å². The SMILES string of the molecule is Cc1cc(C)c2nc(N3CC(CS(=O)(=O)F)CC3=O)sc2c1. The number of halogens is 1. The van der Waals surface area contributed by atoms with Crippen molar-refractivity contribution < 1.29 is 17.1 Å². The molecule has 1 saturated heterocycles. The second kappa shape index (κ2) is 5.27. The number of amides is 1. The maximum atomic E-state index is 12.8. The second-order valence-electron chi connectivity index (χ2n) is 5.71. The van der Waals surface area contributed by atoms with Gasteiger partial charge in [-0.15, -0.1) is 3.89 Å². The zero-order valence-electron chi connectivity index (χ0n) is 12.2. The normalized spacial score (nSPS) is 19.3. The van der Waals surface area contributed by atoms with Crippen LogP contribution in [0.4, 0.5) is 9.02 Å². The van der Waals surface area contributed by atoms with Crippen LogP contribution >= 0.6 is 11.3 Å². The highest BCUT2D eigenvalue weighted by atomic mass is 32.3. The number of carbonyl (C=O) groups excluding carboxylic acids is 1. The van der Waals surface area contributed by atoms with Crippen molar-refractivity contribution in [2.24, 2.45) is 5.92 Å². The van der Waals surface area contributed by atoms with Gasteiger partial charge in [0.05, 0.1) is 16.0 Å². The molecule has 5 nitrogen and oxygen atoms in total. The van der Waals surface area contributed by atoms with Crippen LogP contribution in [0.15, 0.2) is 12.1 Å². The van der Waals surface area contributed by atoms with Gasteiger partial charge >= 0.3 is 10.2 Å². The van der Waals surface area contributed by atoms with Crippen LogP contribution in [0.1, 0.15) is 17.5 Å². The molecular formula is C14H15FN2O3S2. The summed E-state index contributed by atoms with van der Waals surface area (Å²) in [7, 11) is -4.57. The fourth-order valence-corrected chi connectivity index (χ4v) is 4.79. The third-order valence-corrected chi connectivity index (χ3v) is 5.58. The Balaban J connectivity index is 1.91. The number of aromatic nitrogens is 1. The third-order valence-electron chi connectivity index (χ3n) is 3.69. The molecule has 118 valence electrons. The van der Waals surface area contributed by atoms with Crippen molar-refractivity contribution in [3.05, 3.63) is 23.3 Å². The van der Waals surface area contributed by atoms with Crippen molar-refractivity contribution in [2.75, 3.05) is 17.2 Å². The van der Waals surface area contributed by atoms with Gasteiger partial charge in [0, 0.05) is 18.9 Å². The maximum Gasteiger partial charge on any atom is 0.302 e. The average molecular weight is 342 g/mol. The summed E-state index contributed by atoms with van der Waals surface area (Å²) in [5.41, 5.74) is 3.00. The van der Waals surface area contributed by atoms with Crippen molar-refractivity contribution in [3.8, 4) is 0 Å². The van der Waals surface area contributed by atoms with Gasteiger partial charge in [0.1, 0.15) is 0 Å². The molecule has 0 saturated carbocycles. The minimum atomic E-state index is -4.57. The minimum absolute atomic E-state index is 0.0388. The van der Waals surface area contributed by atoms with Gasteiger partial charge in [-0.1, -0.05) is 17.4 Å². The van der Waals surface area contributed by atoms with E-state index < -0.39 is 21.9 Å². The van der Waals surface area contributed by atoms with E-state index in [9.17, 15) is 17.1 Å². The van der Waals surface area contributed by atoms with Crippen LogP contribution in [0.3, 0.4) is 0 Å². The van der Waals surface area contributed by atoms with Gasteiger partial charge in [-0.25, -0.2) is 4.98 Å². The molecule has 0 radical (unpaired) electrons. The molecule has 1 aliphatic rings. The summed E-state index contributed by atoms with van der Waals surface area (Å²) in [6.45, 7) is 4.15. The summed E-state index contributed by atoms with van der Waals surface area (Å²) in [5, 5.41) is 0.549. The fourth-order valence-electron chi connectivity index (χ4n) is 2.83. The van der Waals surface area contributed by atoms with Crippen molar-refractivity contribution in [2.45, 2.75) is 20.3 Å². The van der Waals surface area contributed by atoms with E-state index >= 15 is 0 Å². The zero-order chi connectivity index (χ0) is 16.1. The Morgan fingerprint density at radius 1 is 1.41 bits per heavy atom. The molecule has 1 amide bonds. The molecule has 2 aromatic rings. The molecule has 1 aromatic carbocycles. The monoisotopic (exact) mass is 342 g/mol. The first-order valence-electron chi connectivity index (χ1n) is 6.83. The summed E-state index contributed by atoms with van der Waals surface area (Å²) in [5.74, 6) is -1.34. The van der Waals surface area contributed by atoms with Crippen LogP contribution in [0.2, 0.25) is 0 Å². The Hall–Kier alpha value is -1.54. The molecule has 22 heavy (non-hydrogen) atoms. The lowest BCUT2D eigenvalue weighted by Gasteiger charge is -2.11. The van der Waals surface area contributed by atoms with Gasteiger partial charge in [-0.3, -0.25) is 9.69 Å². The Kier molecular flexibility index (Phi) is 3.68. The standard InChI is InChI=1S/C14H15FN2O3S2/c1-8-3-9(2)13-11(4-8)21-14(16-13)17-6-10(5-12(17)18)7-22(15,19)20/h3-4,10H,5-7H2,1-2H3. The number of fused-ring (bicyclic) bond motifs is 1. The topological polar surface area (TPSA) is 67.3 Å². The lowest BCUT2D eigenvalue weighted by molar-refractivity contribution is -0.117. The van der Waals surface area contributed by atoms with Crippen LogP contribution in [0.5, 0.6) is 0 Å². The fraction of sp³-hybridized carbons (Fsp3) is 0.429. The van der Waals surface area contributed by atoms with E-state index in [2.05, 4.69) is 4.98 Å². The first-order chi connectivity index (χ1) is 10.2. The van der Waals surface area contributed by atoms with Gasteiger partial charge in [-0.2, -0.15) is 8.42 Å². The molecule has 1 aromatic heterocycles. The lowest BCUT2D eigenvalue weighted by Crippen LogP contribution is -2.25. The lowest BCUT2D eigenvalue weighted by atomic mass is 10.1. The number of hydrogen-bond donors (Lipinski definition) is 0. The van der Waals surface area contributed by atoms with E-state index in [0.717, 1.165) is 21.3 Å². The number of thiazole rings is 1. The van der Waals surface area contributed by atoms with E-state index in [1.807, 2.05) is 26.0 Å². The Bertz CT molecular complexity index is 860. The van der Waals surface area contributed by atoms with Gasteiger partial charge < -0.3 is 0 Å². The van der Waals surface area contributed by atoms with Gasteiger partial charge in [0.2, 0.25) is 5.91 Å². The smallest absolute Gasteiger partial charge is 0.288 e. The highest BCUT2D eigenvalue weighted by Gasteiger charge is 2.35. The van der Waals surface area contributed by atoms with Crippen LogP contribution in [-0.2, 0) is 15.0 Å². The summed E-state index contributed by atoms with van der Waals surface area (Å²) in [6, 6.07) is 4.03. The predicted octanol–water partition coefficient (Wildman–Crippen LogP) is 2.57. The largest absolute Gasteiger partial charge is 0.302 e. The summed E-state index contributed by atoms with van der Waals surface area (Å²) < 4.78 is 35.3. The van der Waals surface area contributed by atoms with Crippen LogP contribution in [0, 0.1) is 19.8 Å². The van der Waals surface area contributed by atoms with Crippen LogP contribution in [-0.4, -0.2) is 31.6 Å². The number of hydrogen-bond acceptors (Lipinski definition) is 5. The highest BCUT2D eigenvalue weighted by molar-refractivity contribution is 7.86. The number of benzene rings is 1. The van der Waals surface area contributed by atoms with E-state index in [1.165, 1.54) is 16.2 Å². The number of nitrogens with zero attached hydrogens (tertiary/aromatic N) is 2. The van der Waals surface area contributed by atoms with Gasteiger partial charge in [0.15, 0.2) is 5.13 Å². The Morgan fingerprint density at radius 2 is 2.14 bits per heavy atom. The van der Waals surface area contributed by atoms with Crippen molar-refractivity contribution in [3.63, 3.8) is 0 Å². The molecule has 1 atom stereocenters. The number of aryl methyl sites for hydroxylation is 2. The molecule has 1 unspecified atom stereocenters. The van der Waals surface area contributed by atoms with E-state index in [0.29, 0.717) is 5.13 Å². The first-order valence-corrected chi connectivity index (χ1v) is 9.20. The van der Waals surface area contributed by atoms with E-state index in [-0.39, 0.29) is 18.9 Å². The van der Waals surface area contributed by atoms with Crippen LogP contribution < -0.4 is 4.90 Å². The van der Waals surface area contributed by atoms with Gasteiger partial charge in [-0.05, 0) is 31.0 Å². The molecule has 0 bridgehead atoms. The maximum absolute atomic E-state index is 12.8. The molecule has 0 spiro atoms. The summed E-state index contributed by atoms with van der Waals surface area (Å²) in [4.78, 5) is 18.0. The predicted molar refractivity (Wildman–Crippen MR) is 84.4 cm³/mol. The molecule has 0 N–H and O–H groups in total. The zero-order valence-corrected chi connectivity index (χ0v) is 13.8. The van der Waals surface area contributed by atoms with Gasteiger partial charge in [0.25, 0.3) is 0 Å². The first kappa shape index (κ1) is 15.4. The molecule has 0 aliphatic carbocycles. The molecule has 3 rings (SSSR count). The Morgan fingerprint density at radius 3 is 2.82 bits per heavy atom. The third kappa shape index (κ3) is 2.98. The molecule has 1 aliphatic heterocycles. The Labute approximate surface area is 132 Å².